The summed E-state index contributed by atoms with van der Waals surface area (Å²) in [4.78, 5) is 29.3. The minimum absolute atomic E-state index is 0.0814. The zero-order valence-corrected chi connectivity index (χ0v) is 28.6. The Morgan fingerprint density at radius 3 is 2.07 bits per heavy atom. The molecule has 2 atom stereocenters. The number of amides is 2. The van der Waals surface area contributed by atoms with Crippen molar-refractivity contribution in [2.75, 3.05) is 39.3 Å². The Hall–Kier alpha value is -4.45. The predicted octanol–water partition coefficient (Wildman–Crippen LogP) is 4.95. The number of ether oxygens (including phenoxy) is 4. The first-order chi connectivity index (χ1) is 21.9. The van der Waals surface area contributed by atoms with Gasteiger partial charge in [-0.3, -0.25) is 13.9 Å². The maximum Gasteiger partial charge on any atom is 0.265 e. The number of benzene rings is 3. The van der Waals surface area contributed by atoms with Crippen LogP contribution < -0.4 is 28.6 Å². The molecule has 0 saturated heterocycles. The van der Waals surface area contributed by atoms with E-state index in [1.165, 1.54) is 57.6 Å². The van der Waals surface area contributed by atoms with Crippen LogP contribution in [0.4, 0.5) is 5.69 Å². The molecule has 0 aromatic heterocycles. The maximum absolute atomic E-state index is 14.5. The lowest BCUT2D eigenvalue weighted by Gasteiger charge is -2.34. The second-order valence-corrected chi connectivity index (χ2v) is 12.6. The van der Waals surface area contributed by atoms with E-state index in [1.54, 1.807) is 12.1 Å². The molecule has 3 aromatic rings. The second kappa shape index (κ2) is 16.2. The van der Waals surface area contributed by atoms with Crippen LogP contribution in [0.5, 0.6) is 23.0 Å². The zero-order chi connectivity index (χ0) is 34.0. The largest absolute Gasteiger partial charge is 0.497 e. The van der Waals surface area contributed by atoms with Crippen molar-refractivity contribution in [1.29, 1.82) is 0 Å². The van der Waals surface area contributed by atoms with Crippen LogP contribution in [0.3, 0.4) is 0 Å². The summed E-state index contributed by atoms with van der Waals surface area (Å²) in [6, 6.07) is 15.5. The smallest absolute Gasteiger partial charge is 0.265 e. The number of hydrogen-bond donors (Lipinski definition) is 1. The summed E-state index contributed by atoms with van der Waals surface area (Å²) in [6.07, 6.45) is 1.02. The molecule has 0 aliphatic carbocycles. The zero-order valence-electron chi connectivity index (χ0n) is 27.8. The molecule has 1 N–H and O–H groups in total. The molecule has 0 fully saturated rings. The van der Waals surface area contributed by atoms with Crippen molar-refractivity contribution in [3.8, 4) is 23.0 Å². The van der Waals surface area contributed by atoms with Crippen LogP contribution >= 0.6 is 0 Å². The fourth-order valence-electron chi connectivity index (χ4n) is 4.94. The molecule has 12 heteroatoms. The van der Waals surface area contributed by atoms with Crippen molar-refractivity contribution < 1.29 is 37.0 Å². The van der Waals surface area contributed by atoms with Gasteiger partial charge in [0.05, 0.1) is 39.0 Å². The Morgan fingerprint density at radius 1 is 0.826 bits per heavy atom. The Bertz CT molecular complexity index is 1610. The summed E-state index contributed by atoms with van der Waals surface area (Å²) in [5.41, 5.74) is 1.85. The molecule has 0 radical (unpaired) electrons. The third-order valence-electron chi connectivity index (χ3n) is 7.87. The summed E-state index contributed by atoms with van der Waals surface area (Å²) in [6.45, 7) is 7.05. The molecular weight excluding hydrogens is 610 g/mol. The summed E-state index contributed by atoms with van der Waals surface area (Å²) in [5, 5.41) is 2.99. The predicted molar refractivity (Wildman–Crippen MR) is 177 cm³/mol. The van der Waals surface area contributed by atoms with Crippen LogP contribution in [0, 0.1) is 6.92 Å². The number of carbonyl (C=O) groups excluding carboxylic acids is 2. The number of rotatable bonds is 16. The molecule has 0 spiro atoms. The average Bonchev–Trinajstić information content (AvgIpc) is 3.06. The molecule has 3 rings (SSSR count). The molecule has 0 saturated carbocycles. The van der Waals surface area contributed by atoms with Gasteiger partial charge in [-0.25, -0.2) is 8.42 Å². The number of hydrogen-bond acceptors (Lipinski definition) is 8. The molecule has 46 heavy (non-hydrogen) atoms. The van der Waals surface area contributed by atoms with Gasteiger partial charge in [0.2, 0.25) is 11.8 Å². The summed E-state index contributed by atoms with van der Waals surface area (Å²) >= 11 is 0. The Kier molecular flexibility index (Phi) is 12.7. The van der Waals surface area contributed by atoms with Crippen LogP contribution in [-0.4, -0.2) is 72.2 Å². The minimum Gasteiger partial charge on any atom is -0.497 e. The van der Waals surface area contributed by atoms with Crippen LogP contribution in [-0.2, 0) is 26.2 Å². The molecular formula is C34H45N3O8S. The van der Waals surface area contributed by atoms with Gasteiger partial charge in [0.25, 0.3) is 10.0 Å². The Morgan fingerprint density at radius 2 is 1.48 bits per heavy atom. The van der Waals surface area contributed by atoms with Crippen LogP contribution in [0.15, 0.2) is 65.6 Å². The maximum atomic E-state index is 14.5. The van der Waals surface area contributed by atoms with E-state index in [9.17, 15) is 18.0 Å². The number of nitrogens with zero attached hydrogens (tertiary/aromatic N) is 2. The van der Waals surface area contributed by atoms with Crippen molar-refractivity contribution in [3.05, 3.63) is 71.8 Å². The quantitative estimate of drug-likeness (QED) is 0.230. The second-order valence-electron chi connectivity index (χ2n) is 10.8. The van der Waals surface area contributed by atoms with Crippen LogP contribution in [0.1, 0.15) is 44.7 Å². The van der Waals surface area contributed by atoms with E-state index < -0.39 is 28.5 Å². The van der Waals surface area contributed by atoms with Gasteiger partial charge < -0.3 is 29.2 Å². The van der Waals surface area contributed by atoms with E-state index in [0.717, 1.165) is 15.4 Å². The molecule has 0 aliphatic heterocycles. The fraction of sp³-hybridized carbons (Fsp3) is 0.412. The van der Waals surface area contributed by atoms with Gasteiger partial charge in [-0.05, 0) is 62.1 Å². The molecule has 0 heterocycles. The summed E-state index contributed by atoms with van der Waals surface area (Å²) in [7, 11) is 1.27. The van der Waals surface area contributed by atoms with Crippen LogP contribution in [0.25, 0.3) is 0 Å². The molecule has 250 valence electrons. The van der Waals surface area contributed by atoms with E-state index in [0.29, 0.717) is 24.3 Å². The van der Waals surface area contributed by atoms with Crippen LogP contribution in [0.2, 0.25) is 0 Å². The third kappa shape index (κ3) is 8.22. The number of anilines is 1. The third-order valence-corrected chi connectivity index (χ3v) is 9.62. The highest BCUT2D eigenvalue weighted by Gasteiger charge is 2.35. The normalized spacial score (nSPS) is 12.4. The summed E-state index contributed by atoms with van der Waals surface area (Å²) < 4.78 is 51.6. The lowest BCUT2D eigenvalue weighted by atomic mass is 10.1. The Labute approximate surface area is 272 Å². The lowest BCUT2D eigenvalue weighted by Crippen LogP contribution is -2.53. The van der Waals surface area contributed by atoms with Gasteiger partial charge in [-0.2, -0.15) is 0 Å². The van der Waals surface area contributed by atoms with E-state index in [1.807, 2.05) is 52.0 Å². The highest BCUT2D eigenvalue weighted by molar-refractivity contribution is 7.92. The molecule has 11 nitrogen and oxygen atoms in total. The number of nitrogens with one attached hydrogen (secondary N) is 1. The number of sulfonamides is 1. The van der Waals surface area contributed by atoms with Gasteiger partial charge in [0.1, 0.15) is 24.1 Å². The number of aryl methyl sites for hydroxylation is 1. The Balaban J connectivity index is 2.21. The van der Waals surface area contributed by atoms with Gasteiger partial charge in [0, 0.05) is 24.7 Å². The van der Waals surface area contributed by atoms with E-state index >= 15 is 0 Å². The first-order valence-corrected chi connectivity index (χ1v) is 16.5. The van der Waals surface area contributed by atoms with E-state index in [2.05, 4.69) is 5.32 Å². The van der Waals surface area contributed by atoms with E-state index in [4.69, 9.17) is 18.9 Å². The fourth-order valence-corrected chi connectivity index (χ4v) is 6.37. The highest BCUT2D eigenvalue weighted by atomic mass is 32.2. The molecule has 0 unspecified atom stereocenters. The first kappa shape index (κ1) is 36.0. The monoisotopic (exact) mass is 655 g/mol. The molecule has 0 bridgehead atoms. The van der Waals surface area contributed by atoms with Gasteiger partial charge >= 0.3 is 0 Å². The summed E-state index contributed by atoms with van der Waals surface area (Å²) in [5.74, 6) is 0.193. The standard InChI is InChI=1S/C34H45N3O8S/c1-9-24(4)35-34(39)28(10-2)36(21-25-14-12-11-13-23(25)3)33(38)22-37(29-19-26(42-5)15-17-30(29)43-6)46(40,41)27-16-18-31(44-7)32(20-27)45-8/h11-20,24,28H,9-10,21-22H2,1-8H3,(H,35,39)/t24-,28-/m0/s1. The average molecular weight is 656 g/mol. The minimum atomic E-state index is -4.44. The first-order valence-electron chi connectivity index (χ1n) is 15.1. The van der Waals surface area contributed by atoms with Crippen molar-refractivity contribution in [2.45, 2.75) is 64.1 Å². The number of methoxy groups -OCH3 is 4. The topological polar surface area (TPSA) is 124 Å². The van der Waals surface area contributed by atoms with Gasteiger partial charge in [-0.1, -0.05) is 38.1 Å². The molecule has 3 aromatic carbocycles. The van der Waals surface area contributed by atoms with Crippen molar-refractivity contribution in [2.24, 2.45) is 0 Å². The lowest BCUT2D eigenvalue weighted by molar-refractivity contribution is -0.140. The van der Waals surface area contributed by atoms with Crippen molar-refractivity contribution >= 4 is 27.5 Å². The van der Waals surface area contributed by atoms with E-state index in [-0.39, 0.29) is 40.6 Å². The van der Waals surface area contributed by atoms with Gasteiger partial charge in [0.15, 0.2) is 11.5 Å². The highest BCUT2D eigenvalue weighted by Crippen LogP contribution is 2.38. The molecule has 0 aliphatic rings. The number of carbonyl (C=O) groups is 2. The van der Waals surface area contributed by atoms with Crippen molar-refractivity contribution in [3.63, 3.8) is 0 Å². The molecule has 2 amide bonds. The van der Waals surface area contributed by atoms with Crippen molar-refractivity contribution in [1.82, 2.24) is 10.2 Å². The SMILES string of the molecule is CC[C@H](C)NC(=O)[C@H](CC)N(Cc1ccccc1C)C(=O)CN(c1cc(OC)ccc1OC)S(=O)(=O)c1ccc(OC)c(OC)c1. The van der Waals surface area contributed by atoms with Gasteiger partial charge in [-0.15, -0.1) is 0 Å².